The van der Waals surface area contributed by atoms with E-state index in [-0.39, 0.29) is 16.1 Å². The van der Waals surface area contributed by atoms with Crippen molar-refractivity contribution in [1.82, 2.24) is 0 Å². The first-order valence-corrected chi connectivity index (χ1v) is 13.0. The fourth-order valence-corrected chi connectivity index (χ4v) is 5.01. The molecule has 1 heterocycles. The lowest BCUT2D eigenvalue weighted by Gasteiger charge is -2.30. The molecule has 1 aliphatic heterocycles. The van der Waals surface area contributed by atoms with Gasteiger partial charge in [-0.05, 0) is 74.9 Å². The van der Waals surface area contributed by atoms with Crippen LogP contribution in [-0.2, 0) is 14.8 Å². The van der Waals surface area contributed by atoms with Crippen LogP contribution in [0.1, 0.15) is 26.2 Å². The highest BCUT2D eigenvalue weighted by Gasteiger charge is 2.25. The van der Waals surface area contributed by atoms with E-state index in [9.17, 15) is 13.2 Å². The number of anilines is 3. The van der Waals surface area contributed by atoms with Crippen LogP contribution in [-0.4, -0.2) is 46.0 Å². The van der Waals surface area contributed by atoms with Crippen molar-refractivity contribution in [2.75, 3.05) is 41.4 Å². The van der Waals surface area contributed by atoms with E-state index in [2.05, 4.69) is 14.9 Å². The number of sulfonamides is 1. The van der Waals surface area contributed by atoms with Gasteiger partial charge in [-0.15, -0.1) is 0 Å². The smallest absolute Gasteiger partial charge is 0.264 e. The number of hydrogen-bond donors (Lipinski definition) is 2. The van der Waals surface area contributed by atoms with E-state index in [0.717, 1.165) is 32.4 Å². The van der Waals surface area contributed by atoms with Crippen LogP contribution in [0.4, 0.5) is 17.1 Å². The first-order valence-electron chi connectivity index (χ1n) is 10.2. The minimum absolute atomic E-state index is 0.153. The van der Waals surface area contributed by atoms with Crippen LogP contribution in [0.2, 0.25) is 0 Å². The molecule has 7 nitrogen and oxygen atoms in total. The number of benzene rings is 2. The van der Waals surface area contributed by atoms with E-state index >= 15 is 0 Å². The third-order valence-electron chi connectivity index (χ3n) is 5.28. The van der Waals surface area contributed by atoms with Gasteiger partial charge in [0.1, 0.15) is 10.6 Å². The summed E-state index contributed by atoms with van der Waals surface area (Å²) >= 11 is 1.43. The molecule has 9 heteroatoms. The molecule has 2 aromatic rings. The normalized spacial score (nSPS) is 15.3. The van der Waals surface area contributed by atoms with Crippen LogP contribution in [0.5, 0.6) is 5.75 Å². The Labute approximate surface area is 188 Å². The highest BCUT2D eigenvalue weighted by atomic mass is 32.2. The average Bonchev–Trinajstić information content (AvgIpc) is 2.79. The molecule has 168 valence electrons. The predicted octanol–water partition coefficient (Wildman–Crippen LogP) is 4.18. The molecule has 0 bridgehead atoms. The van der Waals surface area contributed by atoms with Crippen molar-refractivity contribution < 1.29 is 17.9 Å². The van der Waals surface area contributed by atoms with E-state index in [1.54, 1.807) is 49.6 Å². The number of piperidine rings is 1. The number of carbonyl (C=O) groups is 1. The molecule has 2 aromatic carbocycles. The van der Waals surface area contributed by atoms with Crippen LogP contribution in [0.15, 0.2) is 47.4 Å². The van der Waals surface area contributed by atoms with Gasteiger partial charge in [-0.3, -0.25) is 9.52 Å². The van der Waals surface area contributed by atoms with Crippen LogP contribution in [0.3, 0.4) is 0 Å². The first kappa shape index (κ1) is 23.3. The number of ether oxygens (including phenoxy) is 1. The van der Waals surface area contributed by atoms with Gasteiger partial charge in [0.05, 0.1) is 18.0 Å². The predicted molar refractivity (Wildman–Crippen MR) is 128 cm³/mol. The van der Waals surface area contributed by atoms with Gasteiger partial charge in [-0.25, -0.2) is 8.42 Å². The quantitative estimate of drug-likeness (QED) is 0.611. The molecule has 0 aliphatic carbocycles. The average molecular weight is 464 g/mol. The zero-order chi connectivity index (χ0) is 22.4. The van der Waals surface area contributed by atoms with E-state index in [1.165, 1.54) is 11.8 Å². The molecule has 1 aliphatic rings. The van der Waals surface area contributed by atoms with Crippen LogP contribution in [0.25, 0.3) is 0 Å². The fourth-order valence-electron chi connectivity index (χ4n) is 3.42. The molecule has 0 spiro atoms. The summed E-state index contributed by atoms with van der Waals surface area (Å²) in [4.78, 5) is 14.6. The van der Waals surface area contributed by atoms with Crippen molar-refractivity contribution in [3.63, 3.8) is 0 Å². The molecule has 0 radical (unpaired) electrons. The summed E-state index contributed by atoms with van der Waals surface area (Å²) in [5, 5.41) is 2.59. The Hall–Kier alpha value is -2.39. The number of methoxy groups -OCH3 is 1. The van der Waals surface area contributed by atoms with Crippen molar-refractivity contribution in [3.8, 4) is 5.75 Å². The van der Waals surface area contributed by atoms with Crippen LogP contribution < -0.4 is 19.7 Å². The standard InChI is InChI=1S/C22H29N3O4S2/c1-16(30-3)22(26)23-18-9-12-20(25-13-5-4-6-14-25)21(15-18)31(27,28)24-17-7-10-19(29-2)11-8-17/h7-12,15-16,24H,4-6,13-14H2,1-3H3,(H,23,26). The van der Waals surface area contributed by atoms with Crippen molar-refractivity contribution >= 4 is 44.8 Å². The topological polar surface area (TPSA) is 87.7 Å². The molecule has 0 aromatic heterocycles. The molecule has 2 N–H and O–H groups in total. The van der Waals surface area contributed by atoms with Gasteiger partial charge in [-0.2, -0.15) is 11.8 Å². The molecule has 3 rings (SSSR count). The number of hydrogen-bond acceptors (Lipinski definition) is 6. The molecule has 1 saturated heterocycles. The molecular weight excluding hydrogens is 434 g/mol. The Balaban J connectivity index is 1.96. The number of carbonyl (C=O) groups excluding carboxylic acids is 1. The minimum Gasteiger partial charge on any atom is -0.497 e. The van der Waals surface area contributed by atoms with Gasteiger partial charge in [0, 0.05) is 24.5 Å². The van der Waals surface area contributed by atoms with Gasteiger partial charge in [-0.1, -0.05) is 0 Å². The lowest BCUT2D eigenvalue weighted by molar-refractivity contribution is -0.115. The maximum atomic E-state index is 13.4. The van der Waals surface area contributed by atoms with Crippen molar-refractivity contribution in [2.24, 2.45) is 0 Å². The zero-order valence-corrected chi connectivity index (χ0v) is 19.7. The Bertz CT molecular complexity index is 1000. The van der Waals surface area contributed by atoms with Crippen molar-refractivity contribution in [1.29, 1.82) is 0 Å². The second-order valence-corrected chi connectivity index (χ2v) is 10.3. The van der Waals surface area contributed by atoms with Gasteiger partial charge in [0.15, 0.2) is 0 Å². The number of nitrogens with zero attached hydrogens (tertiary/aromatic N) is 1. The molecule has 31 heavy (non-hydrogen) atoms. The minimum atomic E-state index is -3.89. The van der Waals surface area contributed by atoms with Crippen molar-refractivity contribution in [3.05, 3.63) is 42.5 Å². The summed E-state index contributed by atoms with van der Waals surface area (Å²) < 4.78 is 34.5. The zero-order valence-electron chi connectivity index (χ0n) is 18.1. The summed E-state index contributed by atoms with van der Waals surface area (Å²) in [7, 11) is -2.33. The second-order valence-electron chi connectivity index (χ2n) is 7.43. The number of rotatable bonds is 8. The lowest BCUT2D eigenvalue weighted by atomic mass is 10.1. The Morgan fingerprint density at radius 2 is 1.71 bits per heavy atom. The summed E-state index contributed by atoms with van der Waals surface area (Å²) in [5.41, 5.74) is 1.55. The SMILES string of the molecule is COc1ccc(NS(=O)(=O)c2cc(NC(=O)C(C)SC)ccc2N2CCCCC2)cc1. The van der Waals surface area contributed by atoms with E-state index in [1.807, 2.05) is 13.2 Å². The third kappa shape index (κ3) is 5.86. The summed E-state index contributed by atoms with van der Waals surface area (Å²) in [6, 6.07) is 11.8. The number of nitrogens with one attached hydrogen (secondary N) is 2. The van der Waals surface area contributed by atoms with E-state index in [4.69, 9.17) is 4.74 Å². The molecule has 1 fully saturated rings. The lowest BCUT2D eigenvalue weighted by Crippen LogP contribution is -2.31. The van der Waals surface area contributed by atoms with Gasteiger partial charge >= 0.3 is 0 Å². The Morgan fingerprint density at radius 3 is 2.32 bits per heavy atom. The van der Waals surface area contributed by atoms with Crippen LogP contribution >= 0.6 is 11.8 Å². The highest BCUT2D eigenvalue weighted by Crippen LogP contribution is 2.32. The maximum Gasteiger partial charge on any atom is 0.264 e. The molecule has 0 saturated carbocycles. The summed E-state index contributed by atoms with van der Waals surface area (Å²) in [6.45, 7) is 3.42. The van der Waals surface area contributed by atoms with Gasteiger partial charge in [0.2, 0.25) is 5.91 Å². The summed E-state index contributed by atoms with van der Waals surface area (Å²) in [6.07, 6.45) is 5.05. The van der Waals surface area contributed by atoms with E-state index in [0.29, 0.717) is 22.8 Å². The molecular formula is C22H29N3O4S2. The number of thioether (sulfide) groups is 1. The fraction of sp³-hybridized carbons (Fsp3) is 0.409. The number of amides is 1. The van der Waals surface area contributed by atoms with Crippen LogP contribution in [0, 0.1) is 0 Å². The first-order chi connectivity index (χ1) is 14.8. The largest absolute Gasteiger partial charge is 0.497 e. The van der Waals surface area contributed by atoms with Gasteiger partial charge in [0.25, 0.3) is 10.0 Å². The Kier molecular flexibility index (Phi) is 7.72. The molecule has 1 atom stereocenters. The Morgan fingerprint density at radius 1 is 1.06 bits per heavy atom. The summed E-state index contributed by atoms with van der Waals surface area (Å²) in [5.74, 6) is 0.481. The maximum absolute atomic E-state index is 13.4. The second kappa shape index (κ2) is 10.3. The van der Waals surface area contributed by atoms with Gasteiger partial charge < -0.3 is 15.0 Å². The third-order valence-corrected chi connectivity index (χ3v) is 7.61. The van der Waals surface area contributed by atoms with Crippen molar-refractivity contribution in [2.45, 2.75) is 36.3 Å². The highest BCUT2D eigenvalue weighted by molar-refractivity contribution is 7.99. The molecule has 1 unspecified atom stereocenters. The monoisotopic (exact) mass is 463 g/mol. The molecule has 1 amide bonds. The van der Waals surface area contributed by atoms with E-state index < -0.39 is 10.0 Å².